The molecule has 2 aromatic carbocycles. The number of aromatic nitrogens is 1. The number of thiazole rings is 1. The van der Waals surface area contributed by atoms with Crippen LogP contribution in [-0.4, -0.2) is 15.9 Å². The molecule has 0 aliphatic carbocycles. The van der Waals surface area contributed by atoms with Crippen LogP contribution in [0.5, 0.6) is 5.75 Å². The molecule has 0 saturated carbocycles. The number of esters is 1. The zero-order valence-electron chi connectivity index (χ0n) is 14.2. The number of thioether (sulfide) groups is 1. The van der Waals surface area contributed by atoms with Gasteiger partial charge in [-0.2, -0.15) is 0 Å². The summed E-state index contributed by atoms with van der Waals surface area (Å²) in [5.41, 5.74) is 1.43. The van der Waals surface area contributed by atoms with E-state index in [1.165, 1.54) is 30.0 Å². The molecule has 0 spiro atoms. The van der Waals surface area contributed by atoms with Gasteiger partial charge in [0.05, 0.1) is 21.1 Å². The summed E-state index contributed by atoms with van der Waals surface area (Å²) in [5, 5.41) is 11.7. The molecule has 28 heavy (non-hydrogen) atoms. The molecular weight excluding hydrogens is 400 g/mol. The third-order valence-corrected chi connectivity index (χ3v) is 7.48. The van der Waals surface area contributed by atoms with Crippen LogP contribution in [0.3, 0.4) is 0 Å². The Morgan fingerprint density at radius 2 is 1.89 bits per heavy atom. The smallest absolute Gasteiger partial charge is 0.316 e. The molecular formula is C19H12N2O5S2. The highest BCUT2D eigenvalue weighted by Gasteiger charge is 2.49. The number of carbonyl (C=O) groups is 1. The summed E-state index contributed by atoms with van der Waals surface area (Å²) in [7, 11) is 0. The summed E-state index contributed by atoms with van der Waals surface area (Å²) in [4.78, 5) is 39.2. The van der Waals surface area contributed by atoms with Crippen molar-refractivity contribution < 1.29 is 14.5 Å². The summed E-state index contributed by atoms with van der Waals surface area (Å²) in [6, 6.07) is 13.8. The van der Waals surface area contributed by atoms with Gasteiger partial charge < -0.3 is 9.72 Å². The maximum absolute atomic E-state index is 13.0. The van der Waals surface area contributed by atoms with Crippen molar-refractivity contribution in [2.45, 2.75) is 16.2 Å². The lowest BCUT2D eigenvalue weighted by Gasteiger charge is -2.39. The van der Waals surface area contributed by atoms with Crippen LogP contribution < -0.4 is 9.61 Å². The number of nitrogens with zero attached hydrogens (tertiary/aromatic N) is 1. The fraction of sp³-hybridized carbons (Fsp3) is 0.158. The largest absolute Gasteiger partial charge is 0.426 e. The van der Waals surface area contributed by atoms with Gasteiger partial charge >= 0.3 is 10.8 Å². The Bertz CT molecular complexity index is 1170. The highest BCUT2D eigenvalue weighted by atomic mass is 32.2. The van der Waals surface area contributed by atoms with Gasteiger partial charge in [-0.25, -0.2) is 0 Å². The van der Waals surface area contributed by atoms with Gasteiger partial charge in [-0.05, 0) is 11.6 Å². The van der Waals surface area contributed by atoms with Gasteiger partial charge in [0.1, 0.15) is 5.75 Å². The van der Waals surface area contributed by atoms with Crippen molar-refractivity contribution in [3.63, 3.8) is 0 Å². The summed E-state index contributed by atoms with van der Waals surface area (Å²) in [6.07, 6.45) is 0. The van der Waals surface area contributed by atoms with Crippen molar-refractivity contribution in [2.75, 3.05) is 0 Å². The minimum absolute atomic E-state index is 0.0747. The molecule has 0 amide bonds. The van der Waals surface area contributed by atoms with Crippen LogP contribution in [0.25, 0.3) is 0 Å². The second kappa shape index (κ2) is 6.32. The molecule has 1 aromatic heterocycles. The van der Waals surface area contributed by atoms with Crippen molar-refractivity contribution in [1.29, 1.82) is 0 Å². The average molecular weight is 412 g/mol. The molecule has 0 saturated heterocycles. The number of rotatable bonds is 2. The fourth-order valence-electron chi connectivity index (χ4n) is 3.83. The van der Waals surface area contributed by atoms with E-state index in [1.807, 2.05) is 30.3 Å². The van der Waals surface area contributed by atoms with Gasteiger partial charge in [-0.1, -0.05) is 53.4 Å². The molecule has 1 N–H and O–H groups in total. The summed E-state index contributed by atoms with van der Waals surface area (Å²) in [6.45, 7) is 0. The van der Waals surface area contributed by atoms with E-state index in [1.54, 1.807) is 0 Å². The van der Waals surface area contributed by atoms with E-state index >= 15 is 0 Å². The van der Waals surface area contributed by atoms with Crippen LogP contribution in [0.15, 0.2) is 58.4 Å². The van der Waals surface area contributed by atoms with E-state index in [0.717, 1.165) is 21.8 Å². The monoisotopic (exact) mass is 412 g/mol. The lowest BCUT2D eigenvalue weighted by Crippen LogP contribution is -2.37. The zero-order valence-corrected chi connectivity index (χ0v) is 15.8. The predicted octanol–water partition coefficient (Wildman–Crippen LogP) is 3.86. The Hall–Kier alpha value is -2.91. The number of hydrogen-bond donors (Lipinski definition) is 1. The van der Waals surface area contributed by atoms with Crippen LogP contribution in [0.2, 0.25) is 0 Å². The minimum atomic E-state index is -0.583. The van der Waals surface area contributed by atoms with Gasteiger partial charge in [-0.15, -0.1) is 0 Å². The van der Waals surface area contributed by atoms with E-state index in [0.29, 0.717) is 16.3 Å². The topological polar surface area (TPSA) is 102 Å². The summed E-state index contributed by atoms with van der Waals surface area (Å²) < 4.78 is 5.55. The SMILES string of the molecule is O=C1Oc2ccc([N+](=O)[O-])cc2[C@H]2c3sc(=O)[nH]c3S[C@@H](c3ccccc3)[C@H]12. The Balaban J connectivity index is 1.75. The van der Waals surface area contributed by atoms with Crippen molar-refractivity contribution in [1.82, 2.24) is 4.98 Å². The molecule has 0 bridgehead atoms. The van der Waals surface area contributed by atoms with Gasteiger partial charge in [-0.3, -0.25) is 19.7 Å². The number of nitrogens with one attached hydrogen (secondary N) is 1. The summed E-state index contributed by atoms with van der Waals surface area (Å²) in [5.74, 6) is -1.14. The number of ether oxygens (including phenoxy) is 1. The highest BCUT2D eigenvalue weighted by molar-refractivity contribution is 7.99. The molecule has 0 fully saturated rings. The van der Waals surface area contributed by atoms with Gasteiger partial charge in [0, 0.05) is 28.5 Å². The molecule has 3 atom stereocenters. The molecule has 7 nitrogen and oxygen atoms in total. The molecule has 5 rings (SSSR count). The number of nitro groups is 1. The molecule has 0 unspecified atom stereocenters. The van der Waals surface area contributed by atoms with E-state index in [4.69, 9.17) is 4.74 Å². The number of benzene rings is 2. The minimum Gasteiger partial charge on any atom is -0.426 e. The van der Waals surface area contributed by atoms with E-state index in [-0.39, 0.29) is 21.8 Å². The first-order valence-corrected chi connectivity index (χ1v) is 10.2. The maximum Gasteiger partial charge on any atom is 0.316 e. The quantitative estimate of drug-likeness (QED) is 0.297. The first-order chi connectivity index (χ1) is 13.5. The lowest BCUT2D eigenvalue weighted by atomic mass is 9.78. The van der Waals surface area contributed by atoms with Crippen LogP contribution in [-0.2, 0) is 4.79 Å². The average Bonchev–Trinajstić information content (AvgIpc) is 3.07. The number of nitro benzene ring substituents is 1. The Morgan fingerprint density at radius 3 is 2.64 bits per heavy atom. The Morgan fingerprint density at radius 1 is 1.11 bits per heavy atom. The van der Waals surface area contributed by atoms with Crippen LogP contribution in [0.4, 0.5) is 5.69 Å². The van der Waals surface area contributed by atoms with Crippen LogP contribution in [0.1, 0.15) is 27.2 Å². The number of aromatic amines is 1. The zero-order chi connectivity index (χ0) is 19.4. The molecule has 3 aromatic rings. The van der Waals surface area contributed by atoms with Crippen molar-refractivity contribution in [3.8, 4) is 5.75 Å². The standard InChI is InChI=1S/C19H12N2O5S2/c22-18-14-13(11-8-10(21(24)25)6-7-12(11)26-18)16-17(20-19(23)28-16)27-15(14)9-4-2-1-3-5-9/h1-8,13-15H,(H,20,23)/t13-,14-,15+/m1/s1. The second-order valence-electron chi connectivity index (χ2n) is 6.56. The van der Waals surface area contributed by atoms with Crippen molar-refractivity contribution in [2.24, 2.45) is 5.92 Å². The van der Waals surface area contributed by atoms with Crippen LogP contribution >= 0.6 is 23.1 Å². The Labute approximate surface area is 166 Å². The fourth-order valence-corrected chi connectivity index (χ4v) is 6.42. The Kier molecular flexibility index (Phi) is 3.88. The number of hydrogen-bond acceptors (Lipinski definition) is 7. The summed E-state index contributed by atoms with van der Waals surface area (Å²) >= 11 is 2.47. The van der Waals surface area contributed by atoms with E-state index in [9.17, 15) is 19.7 Å². The van der Waals surface area contributed by atoms with Gasteiger partial charge in [0.25, 0.3) is 5.69 Å². The number of fused-ring (bicyclic) bond motifs is 5. The van der Waals surface area contributed by atoms with E-state index < -0.39 is 16.8 Å². The molecule has 9 heteroatoms. The van der Waals surface area contributed by atoms with E-state index in [2.05, 4.69) is 4.98 Å². The molecule has 140 valence electrons. The van der Waals surface area contributed by atoms with Crippen LogP contribution in [0, 0.1) is 16.0 Å². The lowest BCUT2D eigenvalue weighted by molar-refractivity contribution is -0.385. The van der Waals surface area contributed by atoms with Gasteiger partial charge in [0.15, 0.2) is 0 Å². The first-order valence-electron chi connectivity index (χ1n) is 8.47. The maximum atomic E-state index is 13.0. The third kappa shape index (κ3) is 2.58. The number of carbonyl (C=O) groups excluding carboxylic acids is 1. The second-order valence-corrected chi connectivity index (χ2v) is 8.73. The molecule has 2 aliphatic heterocycles. The molecule has 3 heterocycles. The number of non-ortho nitro benzene ring substituents is 1. The third-order valence-electron chi connectivity index (χ3n) is 5.00. The van der Waals surface area contributed by atoms with Crippen molar-refractivity contribution in [3.05, 3.63) is 84.3 Å². The first kappa shape index (κ1) is 17.2. The molecule has 0 radical (unpaired) electrons. The highest BCUT2D eigenvalue weighted by Crippen LogP contribution is 2.58. The van der Waals surface area contributed by atoms with Gasteiger partial charge in [0.2, 0.25) is 0 Å². The normalized spacial score (nSPS) is 22.6. The molecule has 2 aliphatic rings. The predicted molar refractivity (Wildman–Crippen MR) is 104 cm³/mol. The van der Waals surface area contributed by atoms with Crippen molar-refractivity contribution >= 4 is 34.8 Å². The number of H-pyrrole nitrogens is 1.